The van der Waals surface area contributed by atoms with Crippen molar-refractivity contribution >= 4 is 36.2 Å². The molecule has 0 amide bonds. The minimum atomic E-state index is 0. The van der Waals surface area contributed by atoms with Crippen molar-refractivity contribution in [2.75, 3.05) is 11.5 Å². The van der Waals surface area contributed by atoms with Crippen LogP contribution in [0.15, 0.2) is 18.2 Å². The van der Waals surface area contributed by atoms with Crippen LogP contribution in [0, 0.1) is 0 Å². The number of hydrogen-bond acceptors (Lipinski definition) is 2. The maximum atomic E-state index is 5.76. The number of nitrogen functional groups attached to an aromatic ring is 2. The summed E-state index contributed by atoms with van der Waals surface area (Å²) >= 11 is 0. The summed E-state index contributed by atoms with van der Waals surface area (Å²) in [6.07, 6.45) is 0. The normalized spacial score (nSPS) is 8.85. The Balaban J connectivity index is 0. The van der Waals surface area contributed by atoms with Crippen LogP contribution in [-0.4, -0.2) is 0 Å². The largest absolute Gasteiger partial charge is 0.397 e. The Morgan fingerprint density at radius 1 is 1.08 bits per heavy atom. The van der Waals surface area contributed by atoms with Crippen molar-refractivity contribution in [3.05, 3.63) is 23.8 Å². The second-order valence-electron chi connectivity index (χ2n) is 3.00. The van der Waals surface area contributed by atoms with Gasteiger partial charge in [0.25, 0.3) is 0 Å². The first-order valence-corrected chi connectivity index (χ1v) is 3.76. The highest BCUT2D eigenvalue weighted by atomic mass is 35.5. The van der Waals surface area contributed by atoms with Crippen LogP contribution in [0.25, 0.3) is 0 Å². The highest BCUT2D eigenvalue weighted by molar-refractivity contribution is 5.85. The molecule has 0 saturated carbocycles. The van der Waals surface area contributed by atoms with Crippen LogP contribution >= 0.6 is 24.8 Å². The summed E-state index contributed by atoms with van der Waals surface area (Å²) in [7, 11) is 0. The first-order valence-electron chi connectivity index (χ1n) is 3.76. The molecule has 0 aliphatic carbocycles. The van der Waals surface area contributed by atoms with E-state index in [-0.39, 0.29) is 24.8 Å². The Morgan fingerprint density at radius 3 is 2.00 bits per heavy atom. The fourth-order valence-electron chi connectivity index (χ4n) is 1.11. The van der Waals surface area contributed by atoms with E-state index in [1.807, 2.05) is 18.2 Å². The third kappa shape index (κ3) is 3.33. The van der Waals surface area contributed by atoms with Crippen molar-refractivity contribution in [1.82, 2.24) is 0 Å². The number of para-hydroxylation sites is 1. The third-order valence-electron chi connectivity index (χ3n) is 1.80. The molecule has 0 atom stereocenters. The standard InChI is InChI=1S/C9H14N2.2ClH/c1-6(2)7-4-3-5-8(10)9(7)11;;/h3-6H,10-11H2,1-2H3;2*1H. The van der Waals surface area contributed by atoms with Crippen molar-refractivity contribution in [1.29, 1.82) is 0 Å². The van der Waals surface area contributed by atoms with E-state index in [9.17, 15) is 0 Å². The molecule has 1 rings (SSSR count). The molecule has 0 spiro atoms. The molecular weight excluding hydrogens is 207 g/mol. The predicted octanol–water partition coefficient (Wildman–Crippen LogP) is 2.82. The van der Waals surface area contributed by atoms with Crippen molar-refractivity contribution < 1.29 is 0 Å². The molecule has 0 heterocycles. The minimum Gasteiger partial charge on any atom is -0.397 e. The summed E-state index contributed by atoms with van der Waals surface area (Å²) in [5.41, 5.74) is 13.9. The summed E-state index contributed by atoms with van der Waals surface area (Å²) in [5.74, 6) is 0.443. The Bertz CT molecular complexity index is 262. The third-order valence-corrected chi connectivity index (χ3v) is 1.80. The summed E-state index contributed by atoms with van der Waals surface area (Å²) in [6, 6.07) is 5.76. The molecular formula is C9H16Cl2N2. The fraction of sp³-hybridized carbons (Fsp3) is 0.333. The van der Waals surface area contributed by atoms with Crippen LogP contribution < -0.4 is 11.5 Å². The van der Waals surface area contributed by atoms with Crippen LogP contribution in [-0.2, 0) is 0 Å². The molecule has 0 aromatic heterocycles. The van der Waals surface area contributed by atoms with E-state index in [0.29, 0.717) is 11.6 Å². The molecule has 0 unspecified atom stereocenters. The van der Waals surface area contributed by atoms with Crippen LogP contribution in [0.3, 0.4) is 0 Å². The monoisotopic (exact) mass is 222 g/mol. The summed E-state index contributed by atoms with van der Waals surface area (Å²) in [4.78, 5) is 0. The van der Waals surface area contributed by atoms with Crippen molar-refractivity contribution in [2.24, 2.45) is 0 Å². The zero-order chi connectivity index (χ0) is 8.43. The zero-order valence-corrected chi connectivity index (χ0v) is 9.41. The van der Waals surface area contributed by atoms with Crippen LogP contribution in [0.5, 0.6) is 0 Å². The van der Waals surface area contributed by atoms with E-state index < -0.39 is 0 Å². The molecule has 0 bridgehead atoms. The van der Waals surface area contributed by atoms with E-state index in [4.69, 9.17) is 11.5 Å². The highest BCUT2D eigenvalue weighted by Crippen LogP contribution is 2.25. The van der Waals surface area contributed by atoms with Crippen molar-refractivity contribution in [3.8, 4) is 0 Å². The molecule has 4 N–H and O–H groups in total. The molecule has 0 aliphatic heterocycles. The SMILES string of the molecule is CC(C)c1cccc(N)c1N.Cl.Cl. The van der Waals surface area contributed by atoms with E-state index in [1.165, 1.54) is 0 Å². The van der Waals surface area contributed by atoms with Gasteiger partial charge >= 0.3 is 0 Å². The van der Waals surface area contributed by atoms with Crippen molar-refractivity contribution in [3.63, 3.8) is 0 Å². The first kappa shape index (κ1) is 14.9. The Hall–Kier alpha value is -0.600. The highest BCUT2D eigenvalue weighted by Gasteiger charge is 2.04. The number of benzene rings is 1. The van der Waals surface area contributed by atoms with Gasteiger partial charge < -0.3 is 11.5 Å². The van der Waals surface area contributed by atoms with Gasteiger partial charge in [0.1, 0.15) is 0 Å². The van der Waals surface area contributed by atoms with Gasteiger partial charge in [0, 0.05) is 0 Å². The molecule has 13 heavy (non-hydrogen) atoms. The molecule has 0 radical (unpaired) electrons. The number of anilines is 2. The van der Waals surface area contributed by atoms with Crippen LogP contribution in [0.2, 0.25) is 0 Å². The zero-order valence-electron chi connectivity index (χ0n) is 7.78. The maximum Gasteiger partial charge on any atom is 0.0582 e. The number of halogens is 2. The van der Waals surface area contributed by atoms with Gasteiger partial charge in [-0.1, -0.05) is 26.0 Å². The summed E-state index contributed by atoms with van der Waals surface area (Å²) in [6.45, 7) is 4.20. The van der Waals surface area contributed by atoms with E-state index in [1.54, 1.807) is 0 Å². The van der Waals surface area contributed by atoms with Gasteiger partial charge in [-0.2, -0.15) is 0 Å². The fourth-order valence-corrected chi connectivity index (χ4v) is 1.11. The molecule has 0 aliphatic rings. The van der Waals surface area contributed by atoms with E-state index in [0.717, 1.165) is 11.3 Å². The second-order valence-corrected chi connectivity index (χ2v) is 3.00. The van der Waals surface area contributed by atoms with Crippen LogP contribution in [0.1, 0.15) is 25.3 Å². The van der Waals surface area contributed by atoms with Gasteiger partial charge in [0.2, 0.25) is 0 Å². The summed E-state index contributed by atoms with van der Waals surface area (Å²) in [5, 5.41) is 0. The average Bonchev–Trinajstić information content (AvgIpc) is 1.94. The van der Waals surface area contributed by atoms with Gasteiger partial charge in [-0.05, 0) is 17.5 Å². The van der Waals surface area contributed by atoms with E-state index in [2.05, 4.69) is 13.8 Å². The smallest absolute Gasteiger partial charge is 0.0582 e. The second kappa shape index (κ2) is 5.95. The Labute approximate surface area is 91.5 Å². The van der Waals surface area contributed by atoms with Gasteiger partial charge in [0.15, 0.2) is 0 Å². The minimum absolute atomic E-state index is 0. The molecule has 76 valence electrons. The topological polar surface area (TPSA) is 52.0 Å². The summed E-state index contributed by atoms with van der Waals surface area (Å²) < 4.78 is 0. The number of rotatable bonds is 1. The first-order chi connectivity index (χ1) is 5.13. The molecule has 2 nitrogen and oxygen atoms in total. The lowest BCUT2D eigenvalue weighted by Gasteiger charge is -2.10. The number of nitrogens with two attached hydrogens (primary N) is 2. The van der Waals surface area contributed by atoms with Gasteiger partial charge in [0.05, 0.1) is 11.4 Å². The Morgan fingerprint density at radius 2 is 1.62 bits per heavy atom. The maximum absolute atomic E-state index is 5.76. The van der Waals surface area contributed by atoms with E-state index >= 15 is 0 Å². The van der Waals surface area contributed by atoms with Gasteiger partial charge in [-0.25, -0.2) is 0 Å². The Kier molecular flexibility index (Phi) is 6.82. The molecule has 1 aromatic rings. The predicted molar refractivity (Wildman–Crippen MR) is 63.9 cm³/mol. The molecule has 0 saturated heterocycles. The quantitative estimate of drug-likeness (QED) is 0.719. The lowest BCUT2D eigenvalue weighted by molar-refractivity contribution is 0.870. The lowest BCUT2D eigenvalue weighted by atomic mass is 10.0. The molecule has 0 fully saturated rings. The van der Waals surface area contributed by atoms with Gasteiger partial charge in [-0.3, -0.25) is 0 Å². The molecule has 1 aromatic carbocycles. The average molecular weight is 223 g/mol. The molecule has 4 heteroatoms. The van der Waals surface area contributed by atoms with Crippen LogP contribution in [0.4, 0.5) is 11.4 Å². The van der Waals surface area contributed by atoms with Crippen molar-refractivity contribution in [2.45, 2.75) is 19.8 Å². The lowest BCUT2D eigenvalue weighted by Crippen LogP contribution is -2.00. The van der Waals surface area contributed by atoms with Gasteiger partial charge in [-0.15, -0.1) is 24.8 Å². The number of hydrogen-bond donors (Lipinski definition) is 2.